The van der Waals surface area contributed by atoms with Crippen molar-refractivity contribution in [3.8, 4) is 0 Å². The number of nitrogens with one attached hydrogen (secondary N) is 1. The van der Waals surface area contributed by atoms with Gasteiger partial charge in [0, 0.05) is 13.1 Å². The Kier molecular flexibility index (Phi) is 6.89. The predicted molar refractivity (Wildman–Crippen MR) is 110 cm³/mol. The van der Waals surface area contributed by atoms with Gasteiger partial charge in [-0.05, 0) is 50.6 Å². The van der Waals surface area contributed by atoms with Gasteiger partial charge in [0.05, 0.1) is 21.2 Å². The molecule has 2 rings (SSSR count). The molecule has 0 heterocycles. The summed E-state index contributed by atoms with van der Waals surface area (Å²) in [4.78, 5) is 12.7. The molecular weight excluding hydrogens is 384 g/mol. The van der Waals surface area contributed by atoms with Crippen LogP contribution in [0.15, 0.2) is 47.4 Å². The van der Waals surface area contributed by atoms with E-state index in [9.17, 15) is 13.2 Å². The zero-order valence-corrected chi connectivity index (χ0v) is 17.6. The van der Waals surface area contributed by atoms with Crippen LogP contribution in [0.2, 0.25) is 5.02 Å². The highest BCUT2D eigenvalue weighted by atomic mass is 35.5. The summed E-state index contributed by atoms with van der Waals surface area (Å²) < 4.78 is 26.9. The molecule has 0 saturated heterocycles. The van der Waals surface area contributed by atoms with Crippen LogP contribution in [0.3, 0.4) is 0 Å². The fourth-order valence-electron chi connectivity index (χ4n) is 2.70. The second kappa shape index (κ2) is 8.76. The third kappa shape index (κ3) is 5.02. The first-order valence-corrected chi connectivity index (χ1v) is 10.6. The Hall–Kier alpha value is -2.05. The average molecular weight is 409 g/mol. The third-order valence-electron chi connectivity index (χ3n) is 4.34. The molecule has 1 N–H and O–H groups in total. The Morgan fingerprint density at radius 2 is 1.81 bits per heavy atom. The molecule has 0 unspecified atom stereocenters. The van der Waals surface area contributed by atoms with Gasteiger partial charge in [-0.1, -0.05) is 42.6 Å². The fourth-order valence-corrected chi connectivity index (χ4v) is 4.09. The molecule has 146 valence electrons. The number of benzene rings is 2. The lowest BCUT2D eigenvalue weighted by atomic mass is 10.1. The van der Waals surface area contributed by atoms with E-state index in [4.69, 9.17) is 11.6 Å². The molecule has 27 heavy (non-hydrogen) atoms. The summed E-state index contributed by atoms with van der Waals surface area (Å²) in [5.74, 6) is -0.316. The topological polar surface area (TPSA) is 66.5 Å². The Morgan fingerprint density at radius 1 is 1.19 bits per heavy atom. The first-order chi connectivity index (χ1) is 12.7. The maximum absolute atomic E-state index is 12.9. The van der Waals surface area contributed by atoms with E-state index in [2.05, 4.69) is 5.32 Å². The van der Waals surface area contributed by atoms with Gasteiger partial charge in [0.15, 0.2) is 0 Å². The van der Waals surface area contributed by atoms with Crippen molar-refractivity contribution < 1.29 is 13.2 Å². The largest absolute Gasteiger partial charge is 0.350 e. The normalized spacial score (nSPS) is 12.5. The summed E-state index contributed by atoms with van der Waals surface area (Å²) in [7, 11) is -2.28. The van der Waals surface area contributed by atoms with Crippen LogP contribution in [0.5, 0.6) is 0 Å². The van der Waals surface area contributed by atoms with Gasteiger partial charge in [-0.2, -0.15) is 0 Å². The molecule has 2 aromatic rings. The van der Waals surface area contributed by atoms with Crippen LogP contribution >= 0.6 is 11.6 Å². The van der Waals surface area contributed by atoms with E-state index < -0.39 is 10.0 Å². The zero-order valence-electron chi connectivity index (χ0n) is 16.0. The molecule has 0 aliphatic rings. The fraction of sp³-hybridized carbons (Fsp3) is 0.350. The van der Waals surface area contributed by atoms with E-state index in [0.29, 0.717) is 5.69 Å². The summed E-state index contributed by atoms with van der Waals surface area (Å²) in [6, 6.07) is 11.3. The number of carbonyl (C=O) groups is 1. The molecule has 1 amide bonds. The van der Waals surface area contributed by atoms with Gasteiger partial charge in [-0.15, -0.1) is 0 Å². The van der Waals surface area contributed by atoms with Crippen molar-refractivity contribution in [2.75, 3.05) is 11.4 Å². The van der Waals surface area contributed by atoms with Crippen molar-refractivity contribution in [1.82, 2.24) is 5.32 Å². The highest BCUT2D eigenvalue weighted by Crippen LogP contribution is 2.27. The molecule has 0 saturated carbocycles. The number of nitrogens with zero attached hydrogens (tertiary/aromatic N) is 1. The lowest BCUT2D eigenvalue weighted by Gasteiger charge is -2.21. The van der Waals surface area contributed by atoms with Gasteiger partial charge >= 0.3 is 0 Å². The monoisotopic (exact) mass is 408 g/mol. The molecule has 0 fully saturated rings. The van der Waals surface area contributed by atoms with Crippen LogP contribution in [0.4, 0.5) is 5.69 Å². The third-order valence-corrected chi connectivity index (χ3v) is 6.47. The van der Waals surface area contributed by atoms with Crippen LogP contribution in [0.1, 0.15) is 42.6 Å². The number of sulfonamides is 1. The van der Waals surface area contributed by atoms with Crippen molar-refractivity contribution in [2.24, 2.45) is 0 Å². The summed E-state index contributed by atoms with van der Waals surface area (Å²) in [6.07, 6.45) is 1.80. The van der Waals surface area contributed by atoms with Crippen molar-refractivity contribution in [3.05, 3.63) is 58.6 Å². The molecule has 0 aromatic heterocycles. The van der Waals surface area contributed by atoms with Crippen molar-refractivity contribution in [1.29, 1.82) is 0 Å². The van der Waals surface area contributed by atoms with Gasteiger partial charge < -0.3 is 5.32 Å². The number of hydrogen-bond acceptors (Lipinski definition) is 3. The smallest absolute Gasteiger partial charge is 0.264 e. The maximum Gasteiger partial charge on any atom is 0.264 e. The number of aryl methyl sites for hydroxylation is 1. The van der Waals surface area contributed by atoms with Crippen LogP contribution in [0, 0.1) is 6.92 Å². The van der Waals surface area contributed by atoms with Gasteiger partial charge in [0.2, 0.25) is 0 Å². The van der Waals surface area contributed by atoms with E-state index >= 15 is 0 Å². The average Bonchev–Trinajstić information content (AvgIpc) is 2.62. The SMILES string of the molecule is CCC[C@@H](C)NC(=O)c1cc(N(C)S(=O)(=O)c2ccc(C)cc2)ccc1Cl. The molecule has 0 aliphatic carbocycles. The highest BCUT2D eigenvalue weighted by molar-refractivity contribution is 7.92. The molecule has 0 bridgehead atoms. The minimum Gasteiger partial charge on any atom is -0.350 e. The minimum atomic E-state index is -3.74. The molecule has 0 spiro atoms. The van der Waals surface area contributed by atoms with Crippen LogP contribution in [-0.4, -0.2) is 27.4 Å². The first kappa shape index (κ1) is 21.3. The summed E-state index contributed by atoms with van der Waals surface area (Å²) in [6.45, 7) is 5.86. The first-order valence-electron chi connectivity index (χ1n) is 8.82. The van der Waals surface area contributed by atoms with Crippen molar-refractivity contribution >= 4 is 33.2 Å². The van der Waals surface area contributed by atoms with Gasteiger partial charge in [0.1, 0.15) is 0 Å². The van der Waals surface area contributed by atoms with Gasteiger partial charge in [0.25, 0.3) is 15.9 Å². The Balaban J connectivity index is 2.33. The van der Waals surface area contributed by atoms with Crippen molar-refractivity contribution in [2.45, 2.75) is 44.6 Å². The van der Waals surface area contributed by atoms with Crippen LogP contribution in [0.25, 0.3) is 0 Å². The predicted octanol–water partition coefficient (Wildman–Crippen LogP) is 4.39. The zero-order chi connectivity index (χ0) is 20.2. The standard InChI is InChI=1S/C20H25ClN2O3S/c1-5-6-15(3)22-20(24)18-13-16(9-12-19(18)21)23(4)27(25,26)17-10-7-14(2)8-11-17/h7-13,15H,5-6H2,1-4H3,(H,22,24)/t15-/m1/s1. The molecule has 5 nitrogen and oxygen atoms in total. The number of hydrogen-bond donors (Lipinski definition) is 1. The van der Waals surface area contributed by atoms with E-state index in [-0.39, 0.29) is 27.4 Å². The minimum absolute atomic E-state index is 0.0104. The maximum atomic E-state index is 12.9. The van der Waals surface area contributed by atoms with Crippen molar-refractivity contribution in [3.63, 3.8) is 0 Å². The Labute approximate surface area is 166 Å². The molecule has 0 aliphatic heterocycles. The second-order valence-electron chi connectivity index (χ2n) is 6.61. The van der Waals surface area contributed by atoms with Crippen LogP contribution < -0.4 is 9.62 Å². The quantitative estimate of drug-likeness (QED) is 0.738. The van der Waals surface area contributed by atoms with E-state index in [1.165, 1.54) is 19.2 Å². The number of carbonyl (C=O) groups excluding carboxylic acids is 1. The van der Waals surface area contributed by atoms with E-state index in [1.807, 2.05) is 20.8 Å². The van der Waals surface area contributed by atoms with E-state index in [1.54, 1.807) is 30.3 Å². The molecule has 0 radical (unpaired) electrons. The summed E-state index contributed by atoms with van der Waals surface area (Å²) >= 11 is 6.18. The Bertz CT molecular complexity index is 911. The summed E-state index contributed by atoms with van der Waals surface area (Å²) in [5, 5.41) is 3.17. The lowest BCUT2D eigenvalue weighted by molar-refractivity contribution is 0.0938. The van der Waals surface area contributed by atoms with E-state index in [0.717, 1.165) is 22.7 Å². The molecule has 1 atom stereocenters. The highest BCUT2D eigenvalue weighted by Gasteiger charge is 2.23. The van der Waals surface area contributed by atoms with Gasteiger partial charge in [-0.3, -0.25) is 9.10 Å². The molecular formula is C20H25ClN2O3S. The number of anilines is 1. The van der Waals surface area contributed by atoms with Crippen LogP contribution in [-0.2, 0) is 10.0 Å². The number of amides is 1. The van der Waals surface area contributed by atoms with Gasteiger partial charge in [-0.25, -0.2) is 8.42 Å². The number of rotatable bonds is 7. The number of halogens is 1. The summed E-state index contributed by atoms with van der Waals surface area (Å²) in [5.41, 5.74) is 1.60. The molecule has 2 aromatic carbocycles. The molecule has 7 heteroatoms. The second-order valence-corrected chi connectivity index (χ2v) is 8.99. The lowest BCUT2D eigenvalue weighted by Crippen LogP contribution is -2.33. The Morgan fingerprint density at radius 3 is 2.41 bits per heavy atom.